The fourth-order valence-electron chi connectivity index (χ4n) is 3.43. The first-order chi connectivity index (χ1) is 15.6. The standard InChI is InChI=1S/C25H25ClFN3O2/c1-2-31-24-14-17(10-11-23(24)32-16-18-19(26)6-5-7-20(18)27)15-28-13-12-25-29-21-8-3-4-9-22(21)30-25/h3-11,14,28H,2,12-13,15-16H2,1H3,(H,29,30). The van der Waals surface area contributed by atoms with Gasteiger partial charge in [0.2, 0.25) is 0 Å². The molecule has 3 aromatic carbocycles. The first-order valence-electron chi connectivity index (χ1n) is 10.6. The van der Waals surface area contributed by atoms with Crippen LogP contribution >= 0.6 is 11.6 Å². The Morgan fingerprint density at radius 1 is 1.03 bits per heavy atom. The highest BCUT2D eigenvalue weighted by molar-refractivity contribution is 6.31. The molecule has 4 aromatic rings. The maximum Gasteiger partial charge on any atom is 0.161 e. The Labute approximate surface area is 191 Å². The molecule has 0 radical (unpaired) electrons. The largest absolute Gasteiger partial charge is 0.490 e. The molecule has 0 spiro atoms. The first-order valence-corrected chi connectivity index (χ1v) is 11.0. The zero-order valence-electron chi connectivity index (χ0n) is 17.8. The number of rotatable bonds is 10. The SMILES string of the molecule is CCOc1cc(CNCCc2nc3ccccc3[nH]2)ccc1OCc1c(F)cccc1Cl. The Balaban J connectivity index is 1.34. The summed E-state index contributed by atoms with van der Waals surface area (Å²) in [6, 6.07) is 18.3. The van der Waals surface area contributed by atoms with Crippen LogP contribution in [-0.4, -0.2) is 23.1 Å². The van der Waals surface area contributed by atoms with Crippen LogP contribution in [0.2, 0.25) is 5.02 Å². The highest BCUT2D eigenvalue weighted by Gasteiger charge is 2.11. The molecular weight excluding hydrogens is 429 g/mol. The lowest BCUT2D eigenvalue weighted by molar-refractivity contribution is 0.265. The third-order valence-corrected chi connectivity index (χ3v) is 5.40. The molecule has 0 saturated heterocycles. The summed E-state index contributed by atoms with van der Waals surface area (Å²) in [6.45, 7) is 3.91. The van der Waals surface area contributed by atoms with Crippen molar-refractivity contribution in [3.8, 4) is 11.5 Å². The number of ether oxygens (including phenoxy) is 2. The molecule has 0 aliphatic rings. The number of benzene rings is 3. The molecule has 0 aliphatic carbocycles. The molecule has 0 fully saturated rings. The second-order valence-electron chi connectivity index (χ2n) is 7.33. The molecule has 0 saturated carbocycles. The number of nitrogens with one attached hydrogen (secondary N) is 2. The molecule has 0 amide bonds. The van der Waals surface area contributed by atoms with Crippen LogP contribution in [0.3, 0.4) is 0 Å². The summed E-state index contributed by atoms with van der Waals surface area (Å²) in [4.78, 5) is 7.94. The number of hydrogen-bond donors (Lipinski definition) is 2. The maximum absolute atomic E-state index is 14.0. The topological polar surface area (TPSA) is 59.2 Å². The fourth-order valence-corrected chi connectivity index (χ4v) is 3.65. The molecule has 1 aromatic heterocycles. The van der Waals surface area contributed by atoms with Gasteiger partial charge >= 0.3 is 0 Å². The van der Waals surface area contributed by atoms with Crippen LogP contribution in [0.1, 0.15) is 23.9 Å². The molecule has 5 nitrogen and oxygen atoms in total. The lowest BCUT2D eigenvalue weighted by atomic mass is 10.2. The highest BCUT2D eigenvalue weighted by Crippen LogP contribution is 2.30. The van der Waals surface area contributed by atoms with Crippen molar-refractivity contribution >= 4 is 22.6 Å². The number of aromatic nitrogens is 2. The van der Waals surface area contributed by atoms with Crippen molar-refractivity contribution in [2.24, 2.45) is 0 Å². The van der Waals surface area contributed by atoms with Crippen LogP contribution in [0.5, 0.6) is 11.5 Å². The predicted octanol–water partition coefficient (Wildman–Crippen LogP) is 5.67. The lowest BCUT2D eigenvalue weighted by Gasteiger charge is -2.14. The summed E-state index contributed by atoms with van der Waals surface area (Å²) in [6.07, 6.45) is 0.803. The number of aromatic amines is 1. The minimum absolute atomic E-state index is 0.0285. The number of imidazole rings is 1. The van der Waals surface area contributed by atoms with Crippen molar-refractivity contribution in [2.45, 2.75) is 26.5 Å². The van der Waals surface area contributed by atoms with Crippen LogP contribution < -0.4 is 14.8 Å². The van der Waals surface area contributed by atoms with Gasteiger partial charge in [-0.3, -0.25) is 0 Å². The van der Waals surface area contributed by atoms with Crippen LogP contribution in [-0.2, 0) is 19.6 Å². The smallest absolute Gasteiger partial charge is 0.161 e. The van der Waals surface area contributed by atoms with E-state index in [0.29, 0.717) is 35.2 Å². The molecule has 0 aliphatic heterocycles. The van der Waals surface area contributed by atoms with Gasteiger partial charge in [0.05, 0.1) is 22.7 Å². The van der Waals surface area contributed by atoms with E-state index in [9.17, 15) is 4.39 Å². The summed E-state index contributed by atoms with van der Waals surface area (Å²) in [7, 11) is 0. The van der Waals surface area contributed by atoms with E-state index >= 15 is 0 Å². The molecule has 0 atom stereocenters. The third-order valence-electron chi connectivity index (χ3n) is 5.05. The van der Waals surface area contributed by atoms with Gasteiger partial charge in [-0.2, -0.15) is 0 Å². The van der Waals surface area contributed by atoms with Crippen molar-refractivity contribution in [1.82, 2.24) is 15.3 Å². The Kier molecular flexibility index (Phi) is 7.24. The van der Waals surface area contributed by atoms with Crippen molar-refractivity contribution in [3.05, 3.63) is 88.5 Å². The van der Waals surface area contributed by atoms with Gasteiger partial charge in [-0.15, -0.1) is 0 Å². The Morgan fingerprint density at radius 2 is 1.91 bits per heavy atom. The predicted molar refractivity (Wildman–Crippen MR) is 125 cm³/mol. The summed E-state index contributed by atoms with van der Waals surface area (Å²) in [5.74, 6) is 1.75. The number of nitrogens with zero attached hydrogens (tertiary/aromatic N) is 1. The quantitative estimate of drug-likeness (QED) is 0.304. The van der Waals surface area contributed by atoms with Crippen LogP contribution in [0.15, 0.2) is 60.7 Å². The summed E-state index contributed by atoms with van der Waals surface area (Å²) in [5, 5.41) is 3.77. The highest BCUT2D eigenvalue weighted by atomic mass is 35.5. The Bertz CT molecular complexity index is 1140. The third kappa shape index (κ3) is 5.39. The molecule has 0 bridgehead atoms. The van der Waals surface area contributed by atoms with Crippen molar-refractivity contribution in [2.75, 3.05) is 13.2 Å². The van der Waals surface area contributed by atoms with E-state index in [-0.39, 0.29) is 12.4 Å². The number of halogens is 2. The van der Waals surface area contributed by atoms with E-state index in [1.165, 1.54) is 6.07 Å². The first kappa shape index (κ1) is 22.1. The Hall–Kier alpha value is -3.09. The minimum Gasteiger partial charge on any atom is -0.490 e. The van der Waals surface area contributed by atoms with Gasteiger partial charge < -0.3 is 19.8 Å². The molecule has 2 N–H and O–H groups in total. The van der Waals surface area contributed by atoms with E-state index in [0.717, 1.165) is 35.4 Å². The van der Waals surface area contributed by atoms with E-state index in [1.54, 1.807) is 12.1 Å². The minimum atomic E-state index is -0.388. The fraction of sp³-hybridized carbons (Fsp3) is 0.240. The molecule has 166 valence electrons. The van der Waals surface area contributed by atoms with Crippen molar-refractivity contribution < 1.29 is 13.9 Å². The molecule has 7 heteroatoms. The zero-order chi connectivity index (χ0) is 22.3. The second kappa shape index (κ2) is 10.5. The second-order valence-corrected chi connectivity index (χ2v) is 7.74. The van der Waals surface area contributed by atoms with Gasteiger partial charge in [0.25, 0.3) is 0 Å². The monoisotopic (exact) mass is 453 g/mol. The van der Waals surface area contributed by atoms with E-state index in [4.69, 9.17) is 21.1 Å². The van der Waals surface area contributed by atoms with Gasteiger partial charge in [0.15, 0.2) is 11.5 Å². The normalized spacial score (nSPS) is 11.1. The van der Waals surface area contributed by atoms with Crippen molar-refractivity contribution in [1.29, 1.82) is 0 Å². The molecule has 4 rings (SSSR count). The maximum atomic E-state index is 14.0. The number of para-hydroxylation sites is 2. The average Bonchev–Trinajstić information content (AvgIpc) is 3.21. The summed E-state index contributed by atoms with van der Waals surface area (Å²) in [5.41, 5.74) is 3.43. The van der Waals surface area contributed by atoms with Crippen LogP contribution in [0.4, 0.5) is 4.39 Å². The number of hydrogen-bond acceptors (Lipinski definition) is 4. The summed E-state index contributed by atoms with van der Waals surface area (Å²) >= 11 is 6.09. The van der Waals surface area contributed by atoms with Crippen LogP contribution in [0, 0.1) is 5.82 Å². The van der Waals surface area contributed by atoms with E-state index in [1.807, 2.05) is 49.4 Å². The van der Waals surface area contributed by atoms with Gasteiger partial charge in [0.1, 0.15) is 18.2 Å². The molecule has 32 heavy (non-hydrogen) atoms. The van der Waals surface area contributed by atoms with Gasteiger partial charge in [-0.1, -0.05) is 35.9 Å². The number of fused-ring (bicyclic) bond motifs is 1. The van der Waals surface area contributed by atoms with Crippen molar-refractivity contribution in [3.63, 3.8) is 0 Å². The van der Waals surface area contributed by atoms with Gasteiger partial charge in [-0.25, -0.2) is 9.37 Å². The van der Waals surface area contributed by atoms with Gasteiger partial charge in [-0.05, 0) is 48.9 Å². The lowest BCUT2D eigenvalue weighted by Crippen LogP contribution is -2.17. The molecule has 0 unspecified atom stereocenters. The van der Waals surface area contributed by atoms with E-state index in [2.05, 4.69) is 15.3 Å². The molecular formula is C25H25ClFN3O2. The number of H-pyrrole nitrogens is 1. The molecule has 1 heterocycles. The summed E-state index contributed by atoms with van der Waals surface area (Å²) < 4.78 is 25.6. The van der Waals surface area contributed by atoms with E-state index < -0.39 is 0 Å². The average molecular weight is 454 g/mol. The Morgan fingerprint density at radius 3 is 2.72 bits per heavy atom. The zero-order valence-corrected chi connectivity index (χ0v) is 18.6. The van der Waals surface area contributed by atoms with Crippen LogP contribution in [0.25, 0.3) is 11.0 Å². The van der Waals surface area contributed by atoms with Gasteiger partial charge in [0, 0.05) is 25.1 Å².